The van der Waals surface area contributed by atoms with E-state index in [1.54, 1.807) is 0 Å². The molecule has 0 radical (unpaired) electrons. The number of fused-ring (bicyclic) bond motifs is 1. The molecule has 1 fully saturated rings. The number of hydrogen-bond donors (Lipinski definition) is 2. The predicted molar refractivity (Wildman–Crippen MR) is 140 cm³/mol. The molecule has 5 nitrogen and oxygen atoms in total. The second-order valence-electron chi connectivity index (χ2n) is 9.68. The minimum absolute atomic E-state index is 0.00547. The molecule has 1 aliphatic heterocycles. The first kappa shape index (κ1) is 23.2. The zero-order valence-electron chi connectivity index (χ0n) is 20.3. The first-order chi connectivity index (χ1) is 17.1. The van der Waals surface area contributed by atoms with E-state index in [0.717, 1.165) is 67.6 Å². The zero-order valence-corrected chi connectivity index (χ0v) is 20.3. The van der Waals surface area contributed by atoms with Crippen LogP contribution in [-0.2, 0) is 6.42 Å². The maximum Gasteiger partial charge on any atom is 0.253 e. The molecule has 1 saturated heterocycles. The van der Waals surface area contributed by atoms with Crippen molar-refractivity contribution in [3.63, 3.8) is 0 Å². The SMILES string of the molecule is Cc1ccccc1C(=O)NC1CCN(c2ccccc2C(=O)N[C@@H]2CCCc3ccccc32)CC1. The molecule has 5 rings (SSSR count). The number of rotatable bonds is 5. The van der Waals surface area contributed by atoms with Crippen LogP contribution in [0.1, 0.15) is 69.1 Å². The summed E-state index contributed by atoms with van der Waals surface area (Å²) in [4.78, 5) is 28.4. The van der Waals surface area contributed by atoms with Gasteiger partial charge in [0.15, 0.2) is 0 Å². The Morgan fingerprint density at radius 3 is 2.23 bits per heavy atom. The van der Waals surface area contributed by atoms with Crippen molar-refractivity contribution >= 4 is 17.5 Å². The van der Waals surface area contributed by atoms with Gasteiger partial charge in [0.25, 0.3) is 11.8 Å². The summed E-state index contributed by atoms with van der Waals surface area (Å²) in [5.41, 5.74) is 6.00. The van der Waals surface area contributed by atoms with Crippen LogP contribution in [0.5, 0.6) is 0 Å². The molecule has 1 heterocycles. The van der Waals surface area contributed by atoms with Gasteiger partial charge in [-0.1, -0.05) is 54.6 Å². The summed E-state index contributed by atoms with van der Waals surface area (Å²) in [7, 11) is 0. The first-order valence-corrected chi connectivity index (χ1v) is 12.7. The normalized spacial score (nSPS) is 18.0. The molecule has 0 unspecified atom stereocenters. The molecule has 2 N–H and O–H groups in total. The van der Waals surface area contributed by atoms with Gasteiger partial charge in [0.05, 0.1) is 11.6 Å². The van der Waals surface area contributed by atoms with Crippen LogP contribution < -0.4 is 15.5 Å². The third kappa shape index (κ3) is 5.09. The maximum absolute atomic E-state index is 13.4. The molecule has 2 aliphatic rings. The number of carbonyl (C=O) groups excluding carboxylic acids is 2. The van der Waals surface area contributed by atoms with E-state index in [1.807, 2.05) is 55.5 Å². The van der Waals surface area contributed by atoms with E-state index in [1.165, 1.54) is 11.1 Å². The van der Waals surface area contributed by atoms with Gasteiger partial charge in [0, 0.05) is 30.4 Å². The molecule has 3 aromatic rings. The first-order valence-electron chi connectivity index (χ1n) is 12.7. The summed E-state index contributed by atoms with van der Waals surface area (Å²) in [6.45, 7) is 3.57. The standard InChI is InChI=1S/C30H33N3O2/c1-21-9-2-4-12-24(21)29(34)31-23-17-19-33(20-18-23)28-16-7-6-14-26(28)30(35)32-27-15-8-11-22-10-3-5-13-25(22)27/h2-7,9-10,12-14,16,23,27H,8,11,15,17-20H2,1H3,(H,31,34)(H,32,35)/t27-/m1/s1. The Morgan fingerprint density at radius 1 is 0.771 bits per heavy atom. The van der Waals surface area contributed by atoms with Gasteiger partial charge in [-0.25, -0.2) is 0 Å². The average Bonchev–Trinajstić information content (AvgIpc) is 2.89. The molecule has 0 saturated carbocycles. The Morgan fingerprint density at radius 2 is 1.43 bits per heavy atom. The van der Waals surface area contributed by atoms with E-state index >= 15 is 0 Å². The van der Waals surface area contributed by atoms with Gasteiger partial charge in [0.2, 0.25) is 0 Å². The number of benzene rings is 3. The van der Waals surface area contributed by atoms with Crippen LogP contribution in [0.25, 0.3) is 0 Å². The summed E-state index contributed by atoms with van der Waals surface area (Å²) < 4.78 is 0. The molecule has 5 heteroatoms. The molecule has 180 valence electrons. The van der Waals surface area contributed by atoms with Gasteiger partial charge in [-0.05, 0) is 73.9 Å². The maximum atomic E-state index is 13.4. The Bertz CT molecular complexity index is 1210. The highest BCUT2D eigenvalue weighted by Crippen LogP contribution is 2.31. The van der Waals surface area contributed by atoms with Crippen LogP contribution in [0, 0.1) is 6.92 Å². The van der Waals surface area contributed by atoms with Gasteiger partial charge < -0.3 is 15.5 Å². The van der Waals surface area contributed by atoms with E-state index in [4.69, 9.17) is 0 Å². The summed E-state index contributed by atoms with van der Waals surface area (Å²) >= 11 is 0. The number of nitrogens with zero attached hydrogens (tertiary/aromatic N) is 1. The minimum atomic E-state index is -0.0164. The second-order valence-corrected chi connectivity index (χ2v) is 9.68. The fourth-order valence-corrected chi connectivity index (χ4v) is 5.44. The lowest BCUT2D eigenvalue weighted by Gasteiger charge is -2.35. The number of hydrogen-bond acceptors (Lipinski definition) is 3. The summed E-state index contributed by atoms with van der Waals surface area (Å²) in [5, 5.41) is 6.51. The fraction of sp³-hybridized carbons (Fsp3) is 0.333. The summed E-state index contributed by atoms with van der Waals surface area (Å²) in [6.07, 6.45) is 4.84. The summed E-state index contributed by atoms with van der Waals surface area (Å²) in [5.74, 6) is -0.0219. The molecule has 35 heavy (non-hydrogen) atoms. The van der Waals surface area contributed by atoms with Crippen molar-refractivity contribution in [2.24, 2.45) is 0 Å². The van der Waals surface area contributed by atoms with E-state index in [9.17, 15) is 9.59 Å². The van der Waals surface area contributed by atoms with Crippen LogP contribution in [0.3, 0.4) is 0 Å². The van der Waals surface area contributed by atoms with Crippen molar-refractivity contribution in [2.45, 2.75) is 51.1 Å². The third-order valence-corrected chi connectivity index (χ3v) is 7.38. The smallest absolute Gasteiger partial charge is 0.253 e. The Hall–Kier alpha value is -3.60. The minimum Gasteiger partial charge on any atom is -0.371 e. The number of aryl methyl sites for hydroxylation is 2. The molecule has 0 aromatic heterocycles. The molecule has 2 amide bonds. The molecule has 3 aromatic carbocycles. The number of amides is 2. The van der Waals surface area contributed by atoms with Gasteiger partial charge >= 0.3 is 0 Å². The van der Waals surface area contributed by atoms with Crippen LogP contribution in [0.4, 0.5) is 5.69 Å². The molecule has 0 spiro atoms. The largest absolute Gasteiger partial charge is 0.371 e. The monoisotopic (exact) mass is 467 g/mol. The van der Waals surface area contributed by atoms with Crippen molar-refractivity contribution in [3.8, 4) is 0 Å². The molecular formula is C30H33N3O2. The lowest BCUT2D eigenvalue weighted by atomic mass is 9.87. The molecule has 0 bridgehead atoms. The summed E-state index contributed by atoms with van der Waals surface area (Å²) in [6, 6.07) is 24.2. The fourth-order valence-electron chi connectivity index (χ4n) is 5.44. The third-order valence-electron chi connectivity index (χ3n) is 7.38. The predicted octanol–water partition coefficient (Wildman–Crippen LogP) is 5.20. The lowest BCUT2D eigenvalue weighted by Crippen LogP contribution is -2.45. The quantitative estimate of drug-likeness (QED) is 0.542. The highest BCUT2D eigenvalue weighted by Gasteiger charge is 2.26. The van der Waals surface area contributed by atoms with Crippen molar-refractivity contribution in [3.05, 3.63) is 101 Å². The number of para-hydroxylation sites is 1. The van der Waals surface area contributed by atoms with Crippen molar-refractivity contribution < 1.29 is 9.59 Å². The Kier molecular flexibility index (Phi) is 6.84. The highest BCUT2D eigenvalue weighted by atomic mass is 16.2. The zero-order chi connectivity index (χ0) is 24.2. The molecule has 1 aliphatic carbocycles. The number of piperidine rings is 1. The van der Waals surface area contributed by atoms with Gasteiger partial charge in [-0.15, -0.1) is 0 Å². The van der Waals surface area contributed by atoms with Crippen molar-refractivity contribution in [1.82, 2.24) is 10.6 Å². The second kappa shape index (κ2) is 10.3. The van der Waals surface area contributed by atoms with Crippen LogP contribution >= 0.6 is 0 Å². The van der Waals surface area contributed by atoms with Crippen LogP contribution in [-0.4, -0.2) is 30.9 Å². The van der Waals surface area contributed by atoms with Crippen molar-refractivity contribution in [1.29, 1.82) is 0 Å². The lowest BCUT2D eigenvalue weighted by molar-refractivity contribution is 0.0925. The van der Waals surface area contributed by atoms with Gasteiger partial charge in [0.1, 0.15) is 0 Å². The number of anilines is 1. The Balaban J connectivity index is 1.24. The number of carbonyl (C=O) groups is 2. The Labute approximate surface area is 207 Å². The molecule has 1 atom stereocenters. The van der Waals surface area contributed by atoms with E-state index in [-0.39, 0.29) is 23.9 Å². The van der Waals surface area contributed by atoms with E-state index < -0.39 is 0 Å². The van der Waals surface area contributed by atoms with Crippen LogP contribution in [0.2, 0.25) is 0 Å². The van der Waals surface area contributed by atoms with E-state index in [2.05, 4.69) is 39.8 Å². The number of nitrogens with one attached hydrogen (secondary N) is 2. The van der Waals surface area contributed by atoms with Gasteiger partial charge in [-0.3, -0.25) is 9.59 Å². The average molecular weight is 468 g/mol. The highest BCUT2D eigenvalue weighted by molar-refractivity contribution is 6.00. The van der Waals surface area contributed by atoms with Gasteiger partial charge in [-0.2, -0.15) is 0 Å². The van der Waals surface area contributed by atoms with E-state index in [0.29, 0.717) is 0 Å². The van der Waals surface area contributed by atoms with Crippen LogP contribution in [0.15, 0.2) is 72.8 Å². The topological polar surface area (TPSA) is 61.4 Å². The molecular weight excluding hydrogens is 434 g/mol. The van der Waals surface area contributed by atoms with Crippen molar-refractivity contribution in [2.75, 3.05) is 18.0 Å².